The Morgan fingerprint density at radius 2 is 2.02 bits per heavy atom. The summed E-state index contributed by atoms with van der Waals surface area (Å²) in [6, 6.07) is 0. The fraction of sp³-hybridized carbons (Fsp3) is 0.562. The van der Waals surface area contributed by atoms with Crippen LogP contribution in [0.1, 0.15) is 92.3 Å². The van der Waals surface area contributed by atoms with Crippen molar-refractivity contribution < 1.29 is 28.2 Å². The van der Waals surface area contributed by atoms with Gasteiger partial charge in [0.05, 0.1) is 12.7 Å². The molecule has 0 saturated heterocycles. The van der Waals surface area contributed by atoms with Crippen LogP contribution in [0.25, 0.3) is 0 Å². The van der Waals surface area contributed by atoms with E-state index in [4.69, 9.17) is 18.6 Å². The molecule has 0 spiro atoms. The van der Waals surface area contributed by atoms with Crippen LogP contribution in [0.5, 0.6) is 5.75 Å². The number of allylic oxidation sites excluding steroid dienone is 4. The fourth-order valence-electron chi connectivity index (χ4n) is 6.07. The van der Waals surface area contributed by atoms with Gasteiger partial charge in [-0.3, -0.25) is 0 Å². The first-order chi connectivity index (χ1) is 18.8. The summed E-state index contributed by atoms with van der Waals surface area (Å²) < 4.78 is 24.1. The standard InChI is InChI=1S/C32H45NO6Si/c1-20-24-25(28(34)38-29(24)39-40(7)8)26(31(2,3)4)22(27(20)36-6)18-23(21-14-10-11-15-21)37-30(35)33-19-32(5)16-12-9-13-17-32/h9,12-14,16,23,29,40H,10-11,15,17-19H2,1-8H3,(H,33,35)/t23-,29?,32-/m0/s1. The molecular weight excluding hydrogens is 522 g/mol. The number of fused-ring (bicyclic) bond motifs is 1. The molecule has 0 radical (unpaired) electrons. The van der Waals surface area contributed by atoms with E-state index in [-0.39, 0.29) is 11.4 Å². The molecule has 0 bridgehead atoms. The molecule has 3 aliphatic rings. The van der Waals surface area contributed by atoms with Gasteiger partial charge in [-0.1, -0.05) is 58.1 Å². The van der Waals surface area contributed by atoms with E-state index in [2.05, 4.69) is 64.3 Å². The Morgan fingerprint density at radius 3 is 2.60 bits per heavy atom. The second-order valence-corrected chi connectivity index (χ2v) is 15.1. The number of carbonyl (C=O) groups is 2. The van der Waals surface area contributed by atoms with E-state index < -0.39 is 32.9 Å². The highest BCUT2D eigenvalue weighted by molar-refractivity contribution is 6.48. The Hall–Kier alpha value is -2.84. The quantitative estimate of drug-likeness (QED) is 0.202. The predicted octanol–water partition coefficient (Wildman–Crippen LogP) is 6.74. The molecule has 0 fully saturated rings. The largest absolute Gasteiger partial charge is 0.496 e. The van der Waals surface area contributed by atoms with Gasteiger partial charge in [-0.2, -0.15) is 0 Å². The Morgan fingerprint density at radius 1 is 1.27 bits per heavy atom. The first-order valence-electron chi connectivity index (χ1n) is 14.4. The van der Waals surface area contributed by atoms with Gasteiger partial charge in [0.2, 0.25) is 6.29 Å². The maximum absolute atomic E-state index is 13.4. The van der Waals surface area contributed by atoms with Crippen LogP contribution in [0.3, 0.4) is 0 Å². The van der Waals surface area contributed by atoms with Crippen LogP contribution in [-0.2, 0) is 25.7 Å². The van der Waals surface area contributed by atoms with Crippen molar-refractivity contribution in [3.63, 3.8) is 0 Å². The first-order valence-corrected chi connectivity index (χ1v) is 17.2. The molecule has 218 valence electrons. The Bertz CT molecular complexity index is 1240. The van der Waals surface area contributed by atoms with Crippen molar-refractivity contribution in [2.24, 2.45) is 5.41 Å². The number of methoxy groups -OCH3 is 1. The van der Waals surface area contributed by atoms with Crippen molar-refractivity contribution >= 4 is 21.1 Å². The summed E-state index contributed by atoms with van der Waals surface area (Å²) in [5.74, 6) is 0.324. The minimum atomic E-state index is -1.50. The van der Waals surface area contributed by atoms with Crippen molar-refractivity contribution in [1.82, 2.24) is 5.32 Å². The third kappa shape index (κ3) is 6.38. The average Bonchev–Trinajstić information content (AvgIpc) is 3.51. The summed E-state index contributed by atoms with van der Waals surface area (Å²) in [4.78, 5) is 26.5. The predicted molar refractivity (Wildman–Crippen MR) is 159 cm³/mol. The highest BCUT2D eigenvalue weighted by Crippen LogP contribution is 2.47. The number of benzene rings is 1. The molecular formula is C32H45NO6Si. The second kappa shape index (κ2) is 11.9. The number of hydrogen-bond acceptors (Lipinski definition) is 6. The van der Waals surface area contributed by atoms with Crippen molar-refractivity contribution in [2.45, 2.75) is 97.6 Å². The molecule has 1 N–H and O–H groups in total. The fourth-order valence-corrected chi connectivity index (χ4v) is 6.75. The van der Waals surface area contributed by atoms with Gasteiger partial charge in [0.1, 0.15) is 11.9 Å². The van der Waals surface area contributed by atoms with E-state index in [1.165, 1.54) is 0 Å². The number of nitrogens with one attached hydrogen (secondary N) is 1. The second-order valence-electron chi connectivity index (χ2n) is 12.7. The highest BCUT2D eigenvalue weighted by Gasteiger charge is 2.43. The number of cyclic esters (lactones) is 1. The number of alkyl carbamates (subject to hydrolysis) is 1. The lowest BCUT2D eigenvalue weighted by Crippen LogP contribution is -2.38. The SMILES string of the molecule is COc1c(C)c2c(c(C(C)(C)C)c1C[C@H](OC(=O)NC[C@@]1(C)C=CC=CC1)C1=CCCC1)C(=O)OC2O[SiH](C)C. The molecule has 1 aromatic carbocycles. The van der Waals surface area contributed by atoms with E-state index in [0.717, 1.165) is 53.5 Å². The molecule has 2 aliphatic carbocycles. The topological polar surface area (TPSA) is 83.1 Å². The zero-order chi connectivity index (χ0) is 29.2. The van der Waals surface area contributed by atoms with Gasteiger partial charge in [-0.05, 0) is 62.3 Å². The Labute approximate surface area is 240 Å². The zero-order valence-electron chi connectivity index (χ0n) is 25.3. The highest BCUT2D eigenvalue weighted by atomic mass is 28.3. The number of amides is 1. The van der Waals surface area contributed by atoms with Gasteiger partial charge in [-0.15, -0.1) is 0 Å². The van der Waals surface area contributed by atoms with Crippen LogP contribution >= 0.6 is 0 Å². The lowest BCUT2D eigenvalue weighted by molar-refractivity contribution is -0.0398. The van der Waals surface area contributed by atoms with Crippen molar-refractivity contribution in [3.8, 4) is 5.75 Å². The first kappa shape index (κ1) is 30.1. The molecule has 1 heterocycles. The van der Waals surface area contributed by atoms with E-state index in [9.17, 15) is 9.59 Å². The Kier molecular flexibility index (Phi) is 9.00. The van der Waals surface area contributed by atoms with E-state index in [1.807, 2.05) is 19.1 Å². The summed E-state index contributed by atoms with van der Waals surface area (Å²) in [5.41, 5.74) is 4.46. The van der Waals surface area contributed by atoms with Crippen LogP contribution in [-0.4, -0.2) is 40.9 Å². The number of ether oxygens (including phenoxy) is 3. The number of hydrogen-bond donors (Lipinski definition) is 1. The van der Waals surface area contributed by atoms with Gasteiger partial charge < -0.3 is 24.0 Å². The van der Waals surface area contributed by atoms with Gasteiger partial charge in [-0.25, -0.2) is 9.59 Å². The average molecular weight is 568 g/mol. The van der Waals surface area contributed by atoms with Gasteiger partial charge in [0.15, 0.2) is 9.04 Å². The molecule has 0 aromatic heterocycles. The maximum atomic E-state index is 13.4. The summed E-state index contributed by atoms with van der Waals surface area (Å²) >= 11 is 0. The summed E-state index contributed by atoms with van der Waals surface area (Å²) in [5, 5.41) is 3.00. The van der Waals surface area contributed by atoms with Gasteiger partial charge in [0.25, 0.3) is 0 Å². The maximum Gasteiger partial charge on any atom is 0.407 e. The molecule has 1 aromatic rings. The van der Waals surface area contributed by atoms with Gasteiger partial charge in [0, 0.05) is 35.1 Å². The number of carbonyl (C=O) groups excluding carboxylic acids is 2. The zero-order valence-corrected chi connectivity index (χ0v) is 26.5. The minimum absolute atomic E-state index is 0.145. The van der Waals surface area contributed by atoms with Crippen molar-refractivity contribution in [3.05, 3.63) is 63.8 Å². The lowest BCUT2D eigenvalue weighted by Gasteiger charge is -2.31. The molecule has 1 unspecified atom stereocenters. The summed E-state index contributed by atoms with van der Waals surface area (Å²) in [6.45, 7) is 14.9. The molecule has 1 amide bonds. The summed E-state index contributed by atoms with van der Waals surface area (Å²) in [6.07, 6.45) is 12.9. The Balaban J connectivity index is 1.72. The molecule has 40 heavy (non-hydrogen) atoms. The van der Waals surface area contributed by atoms with Gasteiger partial charge >= 0.3 is 12.1 Å². The minimum Gasteiger partial charge on any atom is -0.496 e. The van der Waals surface area contributed by atoms with Crippen LogP contribution in [0.15, 0.2) is 36.0 Å². The number of rotatable bonds is 9. The smallest absolute Gasteiger partial charge is 0.407 e. The van der Waals surface area contributed by atoms with Crippen LogP contribution in [0.2, 0.25) is 13.1 Å². The van der Waals surface area contributed by atoms with Crippen LogP contribution < -0.4 is 10.1 Å². The van der Waals surface area contributed by atoms with E-state index in [1.54, 1.807) is 7.11 Å². The monoisotopic (exact) mass is 567 g/mol. The van der Waals surface area contributed by atoms with E-state index >= 15 is 0 Å². The normalized spacial score (nSPS) is 22.7. The molecule has 1 aliphatic heterocycles. The molecule has 4 rings (SSSR count). The molecule has 7 nitrogen and oxygen atoms in total. The van der Waals surface area contributed by atoms with E-state index in [0.29, 0.717) is 24.3 Å². The van der Waals surface area contributed by atoms with Crippen LogP contribution in [0, 0.1) is 12.3 Å². The molecule has 3 atom stereocenters. The summed E-state index contributed by atoms with van der Waals surface area (Å²) in [7, 11) is 0.151. The van der Waals surface area contributed by atoms with Crippen molar-refractivity contribution in [2.75, 3.05) is 13.7 Å². The van der Waals surface area contributed by atoms with Crippen LogP contribution in [0.4, 0.5) is 4.79 Å². The number of esters is 1. The van der Waals surface area contributed by atoms with Crippen molar-refractivity contribution in [1.29, 1.82) is 0 Å². The molecule has 8 heteroatoms. The molecule has 0 saturated carbocycles. The third-order valence-electron chi connectivity index (χ3n) is 7.94. The lowest BCUT2D eigenvalue weighted by atomic mass is 9.76. The third-order valence-corrected chi connectivity index (χ3v) is 8.73.